The van der Waals surface area contributed by atoms with Crippen molar-refractivity contribution in [3.05, 3.63) is 34.6 Å². The van der Waals surface area contributed by atoms with Crippen LogP contribution in [-0.4, -0.2) is 23.8 Å². The quantitative estimate of drug-likeness (QED) is 0.839. The van der Waals surface area contributed by atoms with E-state index in [-0.39, 0.29) is 22.5 Å². The number of carbonyl (C=O) groups excluding carboxylic acids is 1. The molecule has 2 nitrogen and oxygen atoms in total. The summed E-state index contributed by atoms with van der Waals surface area (Å²) in [7, 11) is 0. The summed E-state index contributed by atoms with van der Waals surface area (Å²) in [4.78, 5) is 13.5. The first-order valence-corrected chi connectivity index (χ1v) is 6.61. The van der Waals surface area contributed by atoms with E-state index in [2.05, 4.69) is 4.90 Å². The Hall–Kier alpha value is -0.930. The van der Waals surface area contributed by atoms with Crippen molar-refractivity contribution < 1.29 is 9.18 Å². The van der Waals surface area contributed by atoms with Gasteiger partial charge in [-0.1, -0.05) is 17.7 Å². The van der Waals surface area contributed by atoms with E-state index in [0.29, 0.717) is 0 Å². The summed E-state index contributed by atoms with van der Waals surface area (Å²) < 4.78 is 13.3. The molecule has 98 valence electrons. The van der Waals surface area contributed by atoms with Crippen molar-refractivity contribution in [2.45, 2.75) is 26.3 Å². The Balaban J connectivity index is 1.91. The topological polar surface area (TPSA) is 20.3 Å². The summed E-state index contributed by atoms with van der Waals surface area (Å²) in [6, 6.07) is 4.93. The van der Waals surface area contributed by atoms with Gasteiger partial charge in [0.15, 0.2) is 0 Å². The van der Waals surface area contributed by atoms with E-state index in [1.54, 1.807) is 13.0 Å². The lowest BCUT2D eigenvalue weighted by Gasteiger charge is -2.30. The maximum Gasteiger partial charge on any atom is 0.142 e. The number of ketones is 1. The third-order valence-electron chi connectivity index (χ3n) is 3.55. The van der Waals surface area contributed by atoms with Crippen LogP contribution in [0.25, 0.3) is 0 Å². The molecule has 18 heavy (non-hydrogen) atoms. The summed E-state index contributed by atoms with van der Waals surface area (Å²) >= 11 is 5.65. The SMILES string of the molecule is CC(=O)C1CCN(Cc2ccc(Cl)c(F)c2)CC1. The summed E-state index contributed by atoms with van der Waals surface area (Å²) in [5.74, 6) is 0.128. The number of hydrogen-bond acceptors (Lipinski definition) is 2. The van der Waals surface area contributed by atoms with Crippen LogP contribution in [0.1, 0.15) is 25.3 Å². The van der Waals surface area contributed by atoms with Crippen LogP contribution in [0.5, 0.6) is 0 Å². The average Bonchev–Trinajstić information content (AvgIpc) is 2.34. The van der Waals surface area contributed by atoms with Gasteiger partial charge in [-0.2, -0.15) is 0 Å². The fourth-order valence-corrected chi connectivity index (χ4v) is 2.51. The molecule has 0 saturated carbocycles. The van der Waals surface area contributed by atoms with E-state index in [1.807, 2.05) is 6.07 Å². The predicted molar refractivity (Wildman–Crippen MR) is 70.1 cm³/mol. The second-order valence-corrected chi connectivity index (χ2v) is 5.32. The normalized spacial score (nSPS) is 17.9. The second-order valence-electron chi connectivity index (χ2n) is 4.91. The first-order valence-electron chi connectivity index (χ1n) is 6.23. The van der Waals surface area contributed by atoms with E-state index in [0.717, 1.165) is 38.0 Å². The van der Waals surface area contributed by atoms with Crippen molar-refractivity contribution in [3.8, 4) is 0 Å². The number of likely N-dealkylation sites (tertiary alicyclic amines) is 1. The molecule has 1 fully saturated rings. The molecule has 1 saturated heterocycles. The molecule has 1 heterocycles. The maximum atomic E-state index is 13.3. The number of benzene rings is 1. The van der Waals surface area contributed by atoms with Gasteiger partial charge in [-0.25, -0.2) is 4.39 Å². The van der Waals surface area contributed by atoms with Crippen LogP contribution < -0.4 is 0 Å². The van der Waals surface area contributed by atoms with Crippen LogP contribution in [0.3, 0.4) is 0 Å². The van der Waals surface area contributed by atoms with Crippen molar-refractivity contribution in [2.24, 2.45) is 5.92 Å². The lowest BCUT2D eigenvalue weighted by molar-refractivity contribution is -0.122. The van der Waals surface area contributed by atoms with Gasteiger partial charge in [0.25, 0.3) is 0 Å². The Morgan fingerprint density at radius 1 is 1.44 bits per heavy atom. The molecule has 1 aromatic rings. The largest absolute Gasteiger partial charge is 0.300 e. The van der Waals surface area contributed by atoms with E-state index in [1.165, 1.54) is 6.07 Å². The average molecular weight is 270 g/mol. The first-order chi connectivity index (χ1) is 8.56. The molecule has 4 heteroatoms. The highest BCUT2D eigenvalue weighted by Gasteiger charge is 2.22. The van der Waals surface area contributed by atoms with Gasteiger partial charge in [0.1, 0.15) is 11.6 Å². The number of Topliss-reactive ketones (excluding diaryl/α,β-unsaturated/α-hetero) is 1. The summed E-state index contributed by atoms with van der Waals surface area (Å²) in [6.07, 6.45) is 1.82. The highest BCUT2D eigenvalue weighted by Crippen LogP contribution is 2.21. The van der Waals surface area contributed by atoms with Crippen molar-refractivity contribution in [2.75, 3.05) is 13.1 Å². The van der Waals surface area contributed by atoms with Gasteiger partial charge < -0.3 is 0 Å². The molecule has 1 aliphatic rings. The lowest BCUT2D eigenvalue weighted by Crippen LogP contribution is -2.35. The van der Waals surface area contributed by atoms with Crippen LogP contribution in [-0.2, 0) is 11.3 Å². The second kappa shape index (κ2) is 5.81. The van der Waals surface area contributed by atoms with Gasteiger partial charge in [0.2, 0.25) is 0 Å². The number of hydrogen-bond donors (Lipinski definition) is 0. The Morgan fingerprint density at radius 3 is 2.67 bits per heavy atom. The number of carbonyl (C=O) groups is 1. The number of nitrogens with zero attached hydrogens (tertiary/aromatic N) is 1. The third-order valence-corrected chi connectivity index (χ3v) is 3.86. The molecule has 0 aromatic heterocycles. The summed E-state index contributed by atoms with van der Waals surface area (Å²) in [6.45, 7) is 4.18. The molecule has 0 amide bonds. The van der Waals surface area contributed by atoms with Crippen molar-refractivity contribution in [1.82, 2.24) is 4.90 Å². The molecule has 2 rings (SSSR count). The molecule has 0 spiro atoms. The van der Waals surface area contributed by atoms with E-state index in [9.17, 15) is 9.18 Å². The Kier molecular flexibility index (Phi) is 4.36. The monoisotopic (exact) mass is 269 g/mol. The zero-order valence-corrected chi connectivity index (χ0v) is 11.2. The third kappa shape index (κ3) is 3.30. The summed E-state index contributed by atoms with van der Waals surface area (Å²) in [5, 5.41) is 0.161. The molecule has 0 radical (unpaired) electrons. The maximum absolute atomic E-state index is 13.3. The van der Waals surface area contributed by atoms with Crippen LogP contribution in [0.4, 0.5) is 4.39 Å². The molecule has 1 aromatic carbocycles. The van der Waals surface area contributed by atoms with Gasteiger partial charge in [-0.3, -0.25) is 9.69 Å². The van der Waals surface area contributed by atoms with Crippen LogP contribution in [0.15, 0.2) is 18.2 Å². The number of piperidine rings is 1. The van der Waals surface area contributed by atoms with Crippen LogP contribution in [0.2, 0.25) is 5.02 Å². The van der Waals surface area contributed by atoms with Crippen molar-refractivity contribution in [3.63, 3.8) is 0 Å². The lowest BCUT2D eigenvalue weighted by atomic mass is 9.93. The minimum Gasteiger partial charge on any atom is -0.300 e. The summed E-state index contributed by atoms with van der Waals surface area (Å²) in [5.41, 5.74) is 0.929. The molecule has 1 aliphatic heterocycles. The first kappa shape index (κ1) is 13.5. The fraction of sp³-hybridized carbons (Fsp3) is 0.500. The standard InChI is InChI=1S/C14H17ClFNO/c1-10(18)12-4-6-17(7-5-12)9-11-2-3-13(15)14(16)8-11/h2-3,8,12H,4-7,9H2,1H3. The molecule has 0 atom stereocenters. The highest BCUT2D eigenvalue weighted by molar-refractivity contribution is 6.30. The smallest absolute Gasteiger partial charge is 0.142 e. The van der Waals surface area contributed by atoms with Gasteiger partial charge in [0, 0.05) is 12.5 Å². The Bertz CT molecular complexity index is 441. The van der Waals surface area contributed by atoms with Crippen LogP contribution >= 0.6 is 11.6 Å². The number of rotatable bonds is 3. The Morgan fingerprint density at radius 2 is 2.11 bits per heavy atom. The molecule has 0 bridgehead atoms. The Labute approximate surface area is 112 Å². The minimum atomic E-state index is -0.368. The predicted octanol–water partition coefficient (Wildman–Crippen LogP) is 3.28. The molecule has 0 aliphatic carbocycles. The molecular weight excluding hydrogens is 253 g/mol. The van der Waals surface area contributed by atoms with E-state index < -0.39 is 0 Å². The fourth-order valence-electron chi connectivity index (χ4n) is 2.39. The van der Waals surface area contributed by atoms with Gasteiger partial charge in [0.05, 0.1) is 5.02 Å². The van der Waals surface area contributed by atoms with Crippen molar-refractivity contribution in [1.29, 1.82) is 0 Å². The molecule has 0 unspecified atom stereocenters. The van der Waals surface area contributed by atoms with Gasteiger partial charge in [-0.05, 0) is 50.6 Å². The van der Waals surface area contributed by atoms with Gasteiger partial charge >= 0.3 is 0 Å². The number of halogens is 2. The van der Waals surface area contributed by atoms with E-state index in [4.69, 9.17) is 11.6 Å². The van der Waals surface area contributed by atoms with Crippen LogP contribution in [0, 0.1) is 11.7 Å². The highest BCUT2D eigenvalue weighted by atomic mass is 35.5. The zero-order valence-electron chi connectivity index (χ0n) is 10.5. The van der Waals surface area contributed by atoms with Crippen molar-refractivity contribution >= 4 is 17.4 Å². The zero-order chi connectivity index (χ0) is 13.1. The minimum absolute atomic E-state index is 0.161. The van der Waals surface area contributed by atoms with E-state index >= 15 is 0 Å². The van der Waals surface area contributed by atoms with Gasteiger partial charge in [-0.15, -0.1) is 0 Å². The molecule has 0 N–H and O–H groups in total. The molecular formula is C14H17ClFNO.